The van der Waals surface area contributed by atoms with Crippen LogP contribution in [0.15, 0.2) is 30.3 Å². The molecule has 5 heteroatoms. The Bertz CT molecular complexity index is 539. The highest BCUT2D eigenvalue weighted by molar-refractivity contribution is 8.14. The number of hydrogen-bond acceptors (Lipinski definition) is 4. The number of benzene rings is 1. The van der Waals surface area contributed by atoms with Gasteiger partial charge in [0, 0.05) is 17.4 Å². The van der Waals surface area contributed by atoms with Crippen molar-refractivity contribution in [3.63, 3.8) is 0 Å². The number of carbonyl (C=O) groups excluding carboxylic acids is 2. The van der Waals surface area contributed by atoms with Gasteiger partial charge in [-0.2, -0.15) is 0 Å². The average Bonchev–Trinajstić information content (AvgIpc) is 2.92. The molecule has 1 saturated carbocycles. The van der Waals surface area contributed by atoms with Gasteiger partial charge in [-0.15, -0.1) is 0 Å². The Hall–Kier alpha value is -1.49. The van der Waals surface area contributed by atoms with E-state index in [4.69, 9.17) is 4.74 Å². The van der Waals surface area contributed by atoms with E-state index in [1.807, 2.05) is 51.1 Å². The van der Waals surface area contributed by atoms with Crippen molar-refractivity contribution in [1.29, 1.82) is 0 Å². The number of carbonyl (C=O) groups is 2. The molecule has 0 aromatic heterocycles. The molecule has 0 spiro atoms. The summed E-state index contributed by atoms with van der Waals surface area (Å²) in [4.78, 5) is 23.9. The molecule has 1 N–H and O–H groups in total. The number of thioether (sulfide) groups is 1. The maximum absolute atomic E-state index is 12.2. The Labute approximate surface area is 142 Å². The predicted molar refractivity (Wildman–Crippen MR) is 93.7 cm³/mol. The molecule has 1 aliphatic rings. The van der Waals surface area contributed by atoms with Crippen molar-refractivity contribution < 1.29 is 14.3 Å². The lowest BCUT2D eigenvalue weighted by Crippen LogP contribution is -2.34. The molecular weight excluding hydrogens is 310 g/mol. The first-order valence-corrected chi connectivity index (χ1v) is 8.94. The summed E-state index contributed by atoms with van der Waals surface area (Å²) in [5.41, 5.74) is 0.285. The Morgan fingerprint density at radius 2 is 1.91 bits per heavy atom. The molecule has 126 valence electrons. The monoisotopic (exact) mass is 335 g/mol. The molecule has 2 atom stereocenters. The summed E-state index contributed by atoms with van der Waals surface area (Å²) in [6.07, 6.45) is 2.65. The van der Waals surface area contributed by atoms with E-state index in [-0.39, 0.29) is 11.2 Å². The molecule has 0 radical (unpaired) electrons. The van der Waals surface area contributed by atoms with Crippen LogP contribution in [0.1, 0.15) is 50.4 Å². The zero-order chi connectivity index (χ0) is 16.9. The van der Waals surface area contributed by atoms with Crippen molar-refractivity contribution in [3.05, 3.63) is 35.9 Å². The van der Waals surface area contributed by atoms with E-state index in [9.17, 15) is 9.59 Å². The summed E-state index contributed by atoms with van der Waals surface area (Å²) in [5, 5.41) is 3.31. The first-order valence-electron chi connectivity index (χ1n) is 8.06. The van der Waals surface area contributed by atoms with E-state index < -0.39 is 5.60 Å². The van der Waals surface area contributed by atoms with Crippen LogP contribution in [0, 0.1) is 5.92 Å². The summed E-state index contributed by atoms with van der Waals surface area (Å²) in [5.74, 6) is 0.420. The van der Waals surface area contributed by atoms with E-state index in [0.29, 0.717) is 17.7 Å². The van der Waals surface area contributed by atoms with Crippen LogP contribution in [0.5, 0.6) is 0 Å². The van der Waals surface area contributed by atoms with Gasteiger partial charge >= 0.3 is 6.09 Å². The Morgan fingerprint density at radius 1 is 1.22 bits per heavy atom. The number of hydrogen-bond donors (Lipinski definition) is 1. The normalized spacial score (nSPS) is 21.0. The van der Waals surface area contributed by atoms with E-state index in [1.54, 1.807) is 0 Å². The van der Waals surface area contributed by atoms with Gasteiger partial charge in [0.15, 0.2) is 0 Å². The zero-order valence-corrected chi connectivity index (χ0v) is 14.8. The van der Waals surface area contributed by atoms with Gasteiger partial charge in [0.2, 0.25) is 5.12 Å². The maximum atomic E-state index is 12.2. The van der Waals surface area contributed by atoms with Gasteiger partial charge in [-0.25, -0.2) is 4.79 Å². The topological polar surface area (TPSA) is 55.4 Å². The minimum Gasteiger partial charge on any atom is -0.444 e. The molecule has 1 aliphatic carbocycles. The fraction of sp³-hybridized carbons (Fsp3) is 0.556. The van der Waals surface area contributed by atoms with Gasteiger partial charge < -0.3 is 10.1 Å². The van der Waals surface area contributed by atoms with Crippen molar-refractivity contribution >= 4 is 23.0 Å². The Balaban J connectivity index is 1.72. The number of nitrogens with one attached hydrogen (secondary N) is 1. The second-order valence-electron chi connectivity index (χ2n) is 6.96. The third-order valence-electron chi connectivity index (χ3n) is 3.71. The molecule has 4 nitrogen and oxygen atoms in total. The van der Waals surface area contributed by atoms with Crippen molar-refractivity contribution in [2.24, 2.45) is 5.92 Å². The molecule has 0 heterocycles. The summed E-state index contributed by atoms with van der Waals surface area (Å²) in [6, 6.07) is 9.39. The summed E-state index contributed by atoms with van der Waals surface area (Å²) in [7, 11) is 0. The van der Waals surface area contributed by atoms with Crippen molar-refractivity contribution in [2.45, 2.75) is 50.9 Å². The molecular formula is C18H25NO3S. The summed E-state index contributed by atoms with van der Waals surface area (Å²) in [6.45, 7) is 6.17. The van der Waals surface area contributed by atoms with Crippen LogP contribution in [0.25, 0.3) is 0 Å². The van der Waals surface area contributed by atoms with Crippen molar-refractivity contribution in [3.8, 4) is 0 Å². The number of ether oxygens (including phenoxy) is 1. The van der Waals surface area contributed by atoms with E-state index >= 15 is 0 Å². The third-order valence-corrected chi connectivity index (χ3v) is 4.92. The quantitative estimate of drug-likeness (QED) is 0.893. The van der Waals surface area contributed by atoms with Crippen LogP contribution < -0.4 is 5.32 Å². The predicted octanol–water partition coefficient (Wildman–Crippen LogP) is 4.25. The lowest BCUT2D eigenvalue weighted by Gasteiger charge is -2.20. The smallest absolute Gasteiger partial charge is 0.407 e. The second-order valence-corrected chi connectivity index (χ2v) is 8.23. The minimum absolute atomic E-state index is 0.136. The van der Waals surface area contributed by atoms with Crippen LogP contribution >= 0.6 is 11.8 Å². The van der Waals surface area contributed by atoms with Gasteiger partial charge in [-0.3, -0.25) is 4.79 Å². The number of rotatable bonds is 4. The van der Waals surface area contributed by atoms with Crippen LogP contribution in [0.2, 0.25) is 0 Å². The lowest BCUT2D eigenvalue weighted by atomic mass is 10.1. The average molecular weight is 335 g/mol. The molecule has 1 fully saturated rings. The van der Waals surface area contributed by atoms with Crippen LogP contribution in [-0.2, 0) is 4.74 Å². The highest BCUT2D eigenvalue weighted by atomic mass is 32.2. The summed E-state index contributed by atoms with van der Waals surface area (Å²) >= 11 is 1.43. The molecule has 1 amide bonds. The van der Waals surface area contributed by atoms with Crippen LogP contribution in [-0.4, -0.2) is 28.6 Å². The van der Waals surface area contributed by atoms with Crippen molar-refractivity contribution in [1.82, 2.24) is 5.32 Å². The fourth-order valence-electron chi connectivity index (χ4n) is 2.66. The highest BCUT2D eigenvalue weighted by Gasteiger charge is 2.28. The second kappa shape index (κ2) is 7.86. The fourth-order valence-corrected chi connectivity index (χ4v) is 3.85. The number of alkyl carbamates (subject to hydrolysis) is 1. The number of amides is 1. The maximum Gasteiger partial charge on any atom is 0.407 e. The van der Waals surface area contributed by atoms with Gasteiger partial charge in [0.05, 0.1) is 0 Å². The van der Waals surface area contributed by atoms with E-state index in [1.165, 1.54) is 11.8 Å². The van der Waals surface area contributed by atoms with Gasteiger partial charge in [0.25, 0.3) is 0 Å². The lowest BCUT2D eigenvalue weighted by molar-refractivity contribution is 0.0519. The molecule has 0 unspecified atom stereocenters. The molecule has 0 aliphatic heterocycles. The Morgan fingerprint density at radius 3 is 2.57 bits per heavy atom. The van der Waals surface area contributed by atoms with Crippen LogP contribution in [0.4, 0.5) is 4.79 Å². The summed E-state index contributed by atoms with van der Waals surface area (Å²) < 4.78 is 5.24. The highest BCUT2D eigenvalue weighted by Crippen LogP contribution is 2.35. The molecule has 23 heavy (non-hydrogen) atoms. The van der Waals surface area contributed by atoms with E-state index in [0.717, 1.165) is 24.8 Å². The van der Waals surface area contributed by atoms with E-state index in [2.05, 4.69) is 5.32 Å². The van der Waals surface area contributed by atoms with Gasteiger partial charge in [0.1, 0.15) is 5.60 Å². The Kier molecular flexibility index (Phi) is 6.10. The SMILES string of the molecule is CC(C)(C)OC(=O)NC[C@H]1CC[C@@H](SC(=O)c2ccccc2)C1. The molecule has 1 aromatic rings. The molecule has 0 saturated heterocycles. The largest absolute Gasteiger partial charge is 0.444 e. The van der Waals surface area contributed by atoms with Crippen LogP contribution in [0.3, 0.4) is 0 Å². The van der Waals surface area contributed by atoms with Gasteiger partial charge in [-0.05, 0) is 46.0 Å². The zero-order valence-electron chi connectivity index (χ0n) is 14.0. The molecule has 0 bridgehead atoms. The molecule has 1 aromatic carbocycles. The third kappa shape index (κ3) is 6.26. The first kappa shape index (κ1) is 17.9. The first-order chi connectivity index (χ1) is 10.8. The van der Waals surface area contributed by atoms with Crippen molar-refractivity contribution in [2.75, 3.05) is 6.54 Å². The minimum atomic E-state index is -0.472. The van der Waals surface area contributed by atoms with Gasteiger partial charge in [-0.1, -0.05) is 42.1 Å². The molecule has 2 rings (SSSR count). The standard InChI is InChI=1S/C18H25NO3S/c1-18(2,3)22-17(21)19-12-13-9-10-15(11-13)23-16(20)14-7-5-4-6-8-14/h4-8,13,15H,9-12H2,1-3H3,(H,19,21)/t13-,15+/m0/s1.